The molecular weight excluding hydrogens is 239 g/mol. The molecule has 0 atom stereocenters. The normalized spacial score (nSPS) is 9.93. The molecule has 74 valence electrons. The molecule has 0 aromatic heterocycles. The highest BCUT2D eigenvalue weighted by molar-refractivity contribution is 7.39. The van der Waals surface area contributed by atoms with E-state index in [-0.39, 0.29) is 0 Å². The van der Waals surface area contributed by atoms with Crippen molar-refractivity contribution in [3.05, 3.63) is 36.9 Å². The highest BCUT2D eigenvalue weighted by atomic mass is 35.7. The van der Waals surface area contributed by atoms with Crippen molar-refractivity contribution in [2.24, 2.45) is 0 Å². The Hall–Kier alpha value is -0.773. The smallest absolute Gasteiger partial charge is 0.335 e. The van der Waals surface area contributed by atoms with Crippen molar-refractivity contribution < 1.29 is 9.53 Å². The molecule has 5 heteroatoms. The highest BCUT2D eigenvalue weighted by Gasteiger charge is 2.13. The fourth-order valence-corrected chi connectivity index (χ4v) is 2.61. The Kier molecular flexibility index (Phi) is 4.19. The minimum Gasteiger partial charge on any atom is -0.423 e. The molecule has 2 nitrogen and oxygen atoms in total. The Balaban J connectivity index is 2.95. The van der Waals surface area contributed by atoms with Gasteiger partial charge in [0.1, 0.15) is 5.75 Å². The van der Waals surface area contributed by atoms with Crippen molar-refractivity contribution in [2.45, 2.75) is 0 Å². The van der Waals surface area contributed by atoms with Gasteiger partial charge in [-0.2, -0.15) is 0 Å². The standard InChI is InChI=1S/C9H8Cl2O2Si/c1-2-9(12)13-7-5-3-4-6-8(7)14(10)11/h2-6,14H,1H2. The van der Waals surface area contributed by atoms with Gasteiger partial charge in [-0.1, -0.05) is 24.8 Å². The number of carbonyl (C=O) groups is 1. The first-order valence-electron chi connectivity index (χ1n) is 3.86. The summed E-state index contributed by atoms with van der Waals surface area (Å²) >= 11 is 11.6. The number of hydrogen-bond donors (Lipinski definition) is 0. The lowest BCUT2D eigenvalue weighted by Gasteiger charge is -2.07. The zero-order valence-corrected chi connectivity index (χ0v) is 9.91. The molecule has 0 fully saturated rings. The summed E-state index contributed by atoms with van der Waals surface area (Å²) in [5.74, 6) is -0.0977. The lowest BCUT2D eigenvalue weighted by molar-refractivity contribution is -0.128. The van der Waals surface area contributed by atoms with Gasteiger partial charge in [0, 0.05) is 11.3 Å². The molecule has 0 aliphatic carbocycles. The van der Waals surface area contributed by atoms with E-state index in [0.29, 0.717) is 10.9 Å². The Morgan fingerprint density at radius 2 is 2.07 bits per heavy atom. The van der Waals surface area contributed by atoms with Gasteiger partial charge in [-0.15, -0.1) is 22.2 Å². The summed E-state index contributed by atoms with van der Waals surface area (Å²) in [6.45, 7) is 3.30. The molecule has 0 aliphatic rings. The van der Waals surface area contributed by atoms with E-state index in [1.807, 2.05) is 0 Å². The fourth-order valence-electron chi connectivity index (χ4n) is 0.904. The number of esters is 1. The Morgan fingerprint density at radius 3 is 2.64 bits per heavy atom. The molecule has 1 aromatic carbocycles. The van der Waals surface area contributed by atoms with Crippen molar-refractivity contribution in [2.75, 3.05) is 0 Å². The third-order valence-corrected chi connectivity index (χ3v) is 3.89. The lowest BCUT2D eigenvalue weighted by atomic mass is 10.3. The minimum atomic E-state index is -2.01. The summed E-state index contributed by atoms with van der Waals surface area (Å²) in [6.07, 6.45) is 1.09. The molecule has 0 amide bonds. The van der Waals surface area contributed by atoms with Gasteiger partial charge in [0.15, 0.2) is 0 Å². The van der Waals surface area contributed by atoms with Crippen LogP contribution in [0.5, 0.6) is 5.75 Å². The monoisotopic (exact) mass is 246 g/mol. The second-order valence-electron chi connectivity index (χ2n) is 2.46. The number of rotatable bonds is 3. The predicted octanol–water partition coefficient (Wildman–Crippen LogP) is 1.68. The van der Waals surface area contributed by atoms with E-state index in [4.69, 9.17) is 26.9 Å². The van der Waals surface area contributed by atoms with Gasteiger partial charge in [-0.05, 0) is 6.07 Å². The Morgan fingerprint density at radius 1 is 1.43 bits per heavy atom. The summed E-state index contributed by atoms with van der Waals surface area (Å²) in [5, 5.41) is 0.700. The zero-order chi connectivity index (χ0) is 10.6. The molecule has 0 saturated carbocycles. The lowest BCUT2D eigenvalue weighted by Crippen LogP contribution is -2.22. The number of carbonyl (C=O) groups excluding carboxylic acids is 1. The first kappa shape index (κ1) is 11.3. The third-order valence-electron chi connectivity index (χ3n) is 1.53. The van der Waals surface area contributed by atoms with Gasteiger partial charge in [-0.25, -0.2) is 4.79 Å². The van der Waals surface area contributed by atoms with Crippen LogP contribution in [0, 0.1) is 0 Å². The van der Waals surface area contributed by atoms with Crippen LogP contribution < -0.4 is 9.92 Å². The van der Waals surface area contributed by atoms with Crippen molar-refractivity contribution >= 4 is 40.7 Å². The van der Waals surface area contributed by atoms with Gasteiger partial charge >= 0.3 is 5.97 Å². The summed E-state index contributed by atoms with van der Waals surface area (Å²) in [6, 6.07) is 6.95. The van der Waals surface area contributed by atoms with E-state index in [1.54, 1.807) is 24.3 Å². The van der Waals surface area contributed by atoms with Crippen molar-refractivity contribution in [1.29, 1.82) is 0 Å². The molecule has 0 saturated heterocycles. The van der Waals surface area contributed by atoms with Crippen LogP contribution >= 0.6 is 22.2 Å². The number of hydrogen-bond acceptors (Lipinski definition) is 2. The van der Waals surface area contributed by atoms with E-state index in [0.717, 1.165) is 6.08 Å². The molecule has 14 heavy (non-hydrogen) atoms. The maximum absolute atomic E-state index is 10.9. The van der Waals surface area contributed by atoms with Crippen LogP contribution in [0.2, 0.25) is 0 Å². The Labute approximate surface area is 93.1 Å². The van der Waals surface area contributed by atoms with E-state index < -0.39 is 13.4 Å². The molecule has 0 spiro atoms. The van der Waals surface area contributed by atoms with Crippen LogP contribution in [0.4, 0.5) is 0 Å². The van der Waals surface area contributed by atoms with Crippen molar-refractivity contribution in [1.82, 2.24) is 0 Å². The van der Waals surface area contributed by atoms with Crippen LogP contribution in [0.3, 0.4) is 0 Å². The number of ether oxygens (including phenoxy) is 1. The van der Waals surface area contributed by atoms with Crippen LogP contribution in [0.25, 0.3) is 0 Å². The zero-order valence-electron chi connectivity index (χ0n) is 7.24. The van der Waals surface area contributed by atoms with Gasteiger partial charge < -0.3 is 4.74 Å². The van der Waals surface area contributed by atoms with Gasteiger partial charge in [-0.3, -0.25) is 0 Å². The molecule has 1 rings (SSSR count). The van der Waals surface area contributed by atoms with Crippen molar-refractivity contribution in [3.8, 4) is 5.75 Å². The van der Waals surface area contributed by atoms with E-state index in [1.165, 1.54) is 0 Å². The van der Waals surface area contributed by atoms with Crippen molar-refractivity contribution in [3.63, 3.8) is 0 Å². The molecule has 1 aromatic rings. The first-order valence-corrected chi connectivity index (χ1v) is 7.93. The van der Waals surface area contributed by atoms with Crippen LogP contribution in [0.15, 0.2) is 36.9 Å². The van der Waals surface area contributed by atoms with Gasteiger partial charge in [0.05, 0.1) is 0 Å². The van der Waals surface area contributed by atoms with Crippen LogP contribution in [-0.2, 0) is 4.79 Å². The minimum absolute atomic E-state index is 0.416. The van der Waals surface area contributed by atoms with Gasteiger partial charge in [0.25, 0.3) is 7.42 Å². The third kappa shape index (κ3) is 2.87. The highest BCUT2D eigenvalue weighted by Crippen LogP contribution is 2.11. The van der Waals surface area contributed by atoms with E-state index in [9.17, 15) is 4.79 Å². The largest absolute Gasteiger partial charge is 0.423 e. The molecule has 0 N–H and O–H groups in total. The second-order valence-corrected chi connectivity index (χ2v) is 6.98. The fraction of sp³-hybridized carbons (Fsp3) is 0. The first-order chi connectivity index (χ1) is 6.65. The van der Waals surface area contributed by atoms with Crippen LogP contribution in [0.1, 0.15) is 0 Å². The average molecular weight is 247 g/mol. The number of benzene rings is 1. The van der Waals surface area contributed by atoms with Crippen LogP contribution in [-0.4, -0.2) is 13.4 Å². The maximum atomic E-state index is 10.9. The molecule has 0 bridgehead atoms. The van der Waals surface area contributed by atoms with E-state index >= 15 is 0 Å². The quantitative estimate of drug-likeness (QED) is 0.267. The maximum Gasteiger partial charge on any atom is 0.335 e. The SMILES string of the molecule is C=CC(=O)Oc1ccccc1[SiH](Cl)Cl. The molecule has 0 aliphatic heterocycles. The summed E-state index contributed by atoms with van der Waals surface area (Å²) < 4.78 is 4.96. The predicted molar refractivity (Wildman–Crippen MR) is 60.8 cm³/mol. The van der Waals surface area contributed by atoms with E-state index in [2.05, 4.69) is 6.58 Å². The summed E-state index contributed by atoms with van der Waals surface area (Å²) in [4.78, 5) is 10.9. The molecule has 0 heterocycles. The number of para-hydroxylation sites is 1. The summed E-state index contributed by atoms with van der Waals surface area (Å²) in [5.41, 5.74) is 0. The summed E-state index contributed by atoms with van der Waals surface area (Å²) in [7, 11) is -2.01. The molecular formula is C9H8Cl2O2Si. The topological polar surface area (TPSA) is 26.3 Å². The number of halogens is 2. The Bertz CT molecular complexity index is 352. The molecule has 0 radical (unpaired) electrons. The van der Waals surface area contributed by atoms with Gasteiger partial charge in [0.2, 0.25) is 0 Å². The molecule has 0 unspecified atom stereocenters. The average Bonchev–Trinajstić information content (AvgIpc) is 2.18. The second kappa shape index (κ2) is 5.19.